The Bertz CT molecular complexity index is 891. The first-order chi connectivity index (χ1) is 12.2. The monoisotopic (exact) mass is 336 g/mol. The van der Waals surface area contributed by atoms with Gasteiger partial charge in [-0.3, -0.25) is 0 Å². The maximum Gasteiger partial charge on any atom is 0.342 e. The van der Waals surface area contributed by atoms with Gasteiger partial charge in [0.2, 0.25) is 0 Å². The Morgan fingerprint density at radius 1 is 1.16 bits per heavy atom. The van der Waals surface area contributed by atoms with Crippen LogP contribution in [-0.4, -0.2) is 19.2 Å². The topological polar surface area (TPSA) is 48.7 Å². The van der Waals surface area contributed by atoms with Gasteiger partial charge in [-0.1, -0.05) is 36.4 Å². The maximum atomic E-state index is 12.1. The molecular weight excluding hydrogens is 316 g/mol. The van der Waals surface area contributed by atoms with Crippen LogP contribution in [0.5, 0.6) is 5.75 Å². The van der Waals surface area contributed by atoms with E-state index in [2.05, 4.69) is 0 Å². The van der Waals surface area contributed by atoms with Gasteiger partial charge >= 0.3 is 5.97 Å². The largest absolute Gasteiger partial charge is 0.490 e. The summed E-state index contributed by atoms with van der Waals surface area (Å²) in [6.45, 7) is 4.30. The third-order valence-electron chi connectivity index (χ3n) is 3.77. The molecule has 4 heteroatoms. The number of carbonyl (C=O) groups excluding carboxylic acids is 1. The van der Waals surface area contributed by atoms with Crippen LogP contribution in [-0.2, 0) is 4.74 Å². The van der Waals surface area contributed by atoms with Gasteiger partial charge in [0.15, 0.2) is 0 Å². The van der Waals surface area contributed by atoms with Crippen LogP contribution in [0.1, 0.15) is 28.6 Å². The van der Waals surface area contributed by atoms with Crippen LogP contribution in [0.25, 0.3) is 17.0 Å². The Kier molecular flexibility index (Phi) is 5.19. The number of fused-ring (bicyclic) bond motifs is 1. The molecule has 0 radical (unpaired) electrons. The summed E-state index contributed by atoms with van der Waals surface area (Å²) in [7, 11) is 0. The molecule has 0 spiro atoms. The van der Waals surface area contributed by atoms with Gasteiger partial charge in [-0.15, -0.1) is 0 Å². The van der Waals surface area contributed by atoms with E-state index in [0.717, 1.165) is 5.56 Å². The first-order valence-electron chi connectivity index (χ1n) is 8.23. The molecule has 1 heterocycles. The molecule has 4 nitrogen and oxygen atoms in total. The lowest BCUT2D eigenvalue weighted by Crippen LogP contribution is -2.05. The summed E-state index contributed by atoms with van der Waals surface area (Å²) >= 11 is 0. The molecule has 2 aromatic carbocycles. The fourth-order valence-corrected chi connectivity index (χ4v) is 2.64. The number of aryl methyl sites for hydroxylation is 1. The van der Waals surface area contributed by atoms with Crippen LogP contribution >= 0.6 is 0 Å². The van der Waals surface area contributed by atoms with Crippen LogP contribution in [0.3, 0.4) is 0 Å². The molecule has 0 aliphatic heterocycles. The van der Waals surface area contributed by atoms with Gasteiger partial charge in [0.1, 0.15) is 29.3 Å². The van der Waals surface area contributed by atoms with Gasteiger partial charge in [0.25, 0.3) is 0 Å². The minimum absolute atomic E-state index is 0.325. The number of benzene rings is 2. The van der Waals surface area contributed by atoms with Gasteiger partial charge in [-0.2, -0.15) is 0 Å². The summed E-state index contributed by atoms with van der Waals surface area (Å²) in [6.07, 6.45) is 3.96. The van der Waals surface area contributed by atoms with E-state index in [0.29, 0.717) is 41.3 Å². The molecule has 0 bridgehead atoms. The van der Waals surface area contributed by atoms with Crippen molar-refractivity contribution in [3.05, 3.63) is 71.5 Å². The Morgan fingerprint density at radius 2 is 1.96 bits per heavy atom. The lowest BCUT2D eigenvalue weighted by Gasteiger charge is -2.04. The number of furan rings is 1. The van der Waals surface area contributed by atoms with Gasteiger partial charge in [-0.05, 0) is 43.7 Å². The summed E-state index contributed by atoms with van der Waals surface area (Å²) < 4.78 is 16.5. The SMILES string of the molecule is CCOC(=O)c1c(C)oc2ccc(OCC=Cc3ccccc3)cc12. The second-order valence-corrected chi connectivity index (χ2v) is 5.54. The zero-order chi connectivity index (χ0) is 17.6. The molecule has 0 atom stereocenters. The van der Waals surface area contributed by atoms with Crippen LogP contribution in [0.4, 0.5) is 0 Å². The summed E-state index contributed by atoms with van der Waals surface area (Å²) in [6, 6.07) is 15.5. The van der Waals surface area contributed by atoms with Crippen molar-refractivity contribution in [1.82, 2.24) is 0 Å². The van der Waals surface area contributed by atoms with Crippen molar-refractivity contribution in [3.8, 4) is 5.75 Å². The van der Waals surface area contributed by atoms with Gasteiger partial charge in [-0.25, -0.2) is 4.79 Å². The minimum Gasteiger partial charge on any atom is -0.490 e. The highest BCUT2D eigenvalue weighted by molar-refractivity contribution is 6.04. The van der Waals surface area contributed by atoms with Crippen molar-refractivity contribution in [1.29, 1.82) is 0 Å². The first kappa shape index (κ1) is 16.8. The second-order valence-electron chi connectivity index (χ2n) is 5.54. The van der Waals surface area contributed by atoms with Crippen molar-refractivity contribution >= 4 is 23.0 Å². The molecule has 0 saturated heterocycles. The van der Waals surface area contributed by atoms with E-state index in [1.165, 1.54) is 0 Å². The predicted molar refractivity (Wildman–Crippen MR) is 97.9 cm³/mol. The molecule has 0 fully saturated rings. The lowest BCUT2D eigenvalue weighted by atomic mass is 10.1. The lowest BCUT2D eigenvalue weighted by molar-refractivity contribution is 0.0526. The highest BCUT2D eigenvalue weighted by Crippen LogP contribution is 2.29. The van der Waals surface area contributed by atoms with E-state index in [9.17, 15) is 4.79 Å². The minimum atomic E-state index is -0.375. The molecular formula is C21H20O4. The van der Waals surface area contributed by atoms with Crippen LogP contribution in [0.2, 0.25) is 0 Å². The molecule has 25 heavy (non-hydrogen) atoms. The molecule has 0 amide bonds. The molecule has 0 unspecified atom stereocenters. The highest BCUT2D eigenvalue weighted by atomic mass is 16.5. The predicted octanol–water partition coefficient (Wildman–Crippen LogP) is 5.01. The molecule has 0 aliphatic carbocycles. The first-order valence-corrected chi connectivity index (χ1v) is 8.23. The fraction of sp³-hybridized carbons (Fsp3) is 0.190. The molecule has 128 valence electrons. The van der Waals surface area contributed by atoms with Crippen molar-refractivity contribution in [2.75, 3.05) is 13.2 Å². The van der Waals surface area contributed by atoms with Gasteiger partial charge in [0.05, 0.1) is 6.61 Å². The number of esters is 1. The molecule has 0 N–H and O–H groups in total. The van der Waals surface area contributed by atoms with Gasteiger partial charge in [0, 0.05) is 5.39 Å². The number of hydrogen-bond donors (Lipinski definition) is 0. The van der Waals surface area contributed by atoms with Crippen molar-refractivity contribution in [2.45, 2.75) is 13.8 Å². The van der Waals surface area contributed by atoms with E-state index in [1.54, 1.807) is 19.9 Å². The molecule has 3 aromatic rings. The highest BCUT2D eigenvalue weighted by Gasteiger charge is 2.19. The Hall–Kier alpha value is -3.01. The Labute approximate surface area is 146 Å². The standard InChI is InChI=1S/C21H20O4/c1-3-23-21(22)20-15(2)25-19-12-11-17(14-18(19)20)24-13-7-10-16-8-5-4-6-9-16/h4-12,14H,3,13H2,1-2H3. The van der Waals surface area contributed by atoms with E-state index in [4.69, 9.17) is 13.9 Å². The van der Waals surface area contributed by atoms with Crippen LogP contribution in [0, 0.1) is 6.92 Å². The Morgan fingerprint density at radius 3 is 2.72 bits per heavy atom. The quantitative estimate of drug-likeness (QED) is 0.594. The summed E-state index contributed by atoms with van der Waals surface area (Å²) in [5, 5.41) is 0.709. The van der Waals surface area contributed by atoms with Crippen molar-refractivity contribution in [3.63, 3.8) is 0 Å². The average molecular weight is 336 g/mol. The van der Waals surface area contributed by atoms with Crippen LogP contribution in [0.15, 0.2) is 59.0 Å². The Balaban J connectivity index is 1.75. The van der Waals surface area contributed by atoms with Crippen molar-refractivity contribution in [2.24, 2.45) is 0 Å². The fourth-order valence-electron chi connectivity index (χ4n) is 2.64. The molecule has 0 saturated carbocycles. The zero-order valence-corrected chi connectivity index (χ0v) is 14.3. The van der Waals surface area contributed by atoms with Crippen molar-refractivity contribution < 1.29 is 18.7 Å². The number of ether oxygens (including phenoxy) is 2. The number of hydrogen-bond acceptors (Lipinski definition) is 4. The molecule has 1 aromatic heterocycles. The van der Waals surface area contributed by atoms with E-state index in [1.807, 2.05) is 54.6 Å². The number of carbonyl (C=O) groups is 1. The normalized spacial score (nSPS) is 11.1. The van der Waals surface area contributed by atoms with E-state index in [-0.39, 0.29) is 5.97 Å². The second kappa shape index (κ2) is 7.71. The smallest absolute Gasteiger partial charge is 0.342 e. The molecule has 0 aliphatic rings. The van der Waals surface area contributed by atoms with E-state index >= 15 is 0 Å². The summed E-state index contributed by atoms with van der Waals surface area (Å²) in [5.41, 5.74) is 2.23. The van der Waals surface area contributed by atoms with Crippen LogP contribution < -0.4 is 4.74 Å². The number of rotatable bonds is 6. The average Bonchev–Trinajstić information content (AvgIpc) is 2.95. The zero-order valence-electron chi connectivity index (χ0n) is 14.3. The van der Waals surface area contributed by atoms with Gasteiger partial charge < -0.3 is 13.9 Å². The summed E-state index contributed by atoms with van der Waals surface area (Å²) in [4.78, 5) is 12.1. The van der Waals surface area contributed by atoms with E-state index < -0.39 is 0 Å². The third kappa shape index (κ3) is 3.91. The third-order valence-corrected chi connectivity index (χ3v) is 3.77. The maximum absolute atomic E-state index is 12.1. The summed E-state index contributed by atoms with van der Waals surface area (Å²) in [5.74, 6) is 0.853. The molecule has 3 rings (SSSR count).